The Morgan fingerprint density at radius 3 is 2.48 bits per heavy atom. The Kier molecular flexibility index (Phi) is 5.68. The molecule has 3 N–H and O–H groups in total. The number of thiocarbonyl (C=S) groups is 1. The second kappa shape index (κ2) is 7.98. The number of rotatable bonds is 3. The number of benzene rings is 2. The lowest BCUT2D eigenvalue weighted by molar-refractivity contribution is 0.0917. The van der Waals surface area contributed by atoms with Crippen LogP contribution in [0.2, 0.25) is 5.02 Å². The molecule has 0 bridgehead atoms. The molecule has 0 atom stereocenters. The number of carbonyl (C=O) groups is 1. The summed E-state index contributed by atoms with van der Waals surface area (Å²) in [6, 6.07) is 13.2. The quantitative estimate of drug-likeness (QED) is 0.418. The van der Waals surface area contributed by atoms with E-state index in [0.29, 0.717) is 16.5 Å². The van der Waals surface area contributed by atoms with Gasteiger partial charge in [0.05, 0.1) is 0 Å². The summed E-state index contributed by atoms with van der Waals surface area (Å²) < 4.78 is 5.63. The predicted molar refractivity (Wildman–Crippen MR) is 113 cm³/mol. The van der Waals surface area contributed by atoms with Crippen molar-refractivity contribution in [3.8, 4) is 0 Å². The maximum atomic E-state index is 12.4. The van der Waals surface area contributed by atoms with E-state index >= 15 is 0 Å². The largest absolute Gasteiger partial charge is 0.451 e. The monoisotopic (exact) mass is 401 g/mol. The van der Waals surface area contributed by atoms with Gasteiger partial charge in [0.1, 0.15) is 5.58 Å². The molecule has 0 saturated heterocycles. The van der Waals surface area contributed by atoms with Crippen molar-refractivity contribution in [3.05, 3.63) is 64.4 Å². The van der Waals surface area contributed by atoms with Crippen molar-refractivity contribution in [1.82, 2.24) is 10.9 Å². The molecule has 3 rings (SSSR count). The van der Waals surface area contributed by atoms with E-state index in [9.17, 15) is 4.79 Å². The summed E-state index contributed by atoms with van der Waals surface area (Å²) in [7, 11) is 0. The molecule has 0 fully saturated rings. The Hall–Kier alpha value is -2.57. The molecule has 1 aromatic heterocycles. The minimum atomic E-state index is -0.417. The van der Waals surface area contributed by atoms with Crippen LogP contribution in [0.4, 0.5) is 5.69 Å². The Labute approximate surface area is 168 Å². The van der Waals surface area contributed by atoms with Crippen molar-refractivity contribution in [2.24, 2.45) is 0 Å². The second-order valence-corrected chi connectivity index (χ2v) is 7.35. The molecule has 3 aromatic rings. The fourth-order valence-corrected chi connectivity index (χ4v) is 3.03. The van der Waals surface area contributed by atoms with Gasteiger partial charge < -0.3 is 9.73 Å². The van der Waals surface area contributed by atoms with Crippen LogP contribution >= 0.6 is 23.8 Å². The number of fused-ring (bicyclic) bond motifs is 1. The first kappa shape index (κ1) is 19.2. The number of furan rings is 1. The molecule has 1 heterocycles. The molecule has 5 nitrogen and oxygen atoms in total. The van der Waals surface area contributed by atoms with Gasteiger partial charge in [0, 0.05) is 21.7 Å². The van der Waals surface area contributed by atoms with E-state index in [0.717, 1.165) is 16.6 Å². The standard InChI is InChI=1S/C20H20ClN3O2S/c1-11(2)13-4-7-15(8-5-13)22-20(27)24-23-19(25)18-12(3)16-10-14(21)6-9-17(16)26-18/h4-11H,1-3H3,(H,23,25)(H2,22,24,27). The van der Waals surface area contributed by atoms with Gasteiger partial charge in [0.25, 0.3) is 0 Å². The second-order valence-electron chi connectivity index (χ2n) is 6.51. The molecule has 0 saturated carbocycles. The fraction of sp³-hybridized carbons (Fsp3) is 0.200. The third kappa shape index (κ3) is 4.40. The van der Waals surface area contributed by atoms with Gasteiger partial charge in [0.15, 0.2) is 10.9 Å². The van der Waals surface area contributed by atoms with E-state index in [4.69, 9.17) is 28.2 Å². The average molecular weight is 402 g/mol. The van der Waals surface area contributed by atoms with Gasteiger partial charge in [0.2, 0.25) is 0 Å². The number of hydrazine groups is 1. The highest BCUT2D eigenvalue weighted by Gasteiger charge is 2.18. The molecular formula is C20H20ClN3O2S. The molecule has 0 aliphatic carbocycles. The number of halogens is 1. The summed E-state index contributed by atoms with van der Waals surface area (Å²) in [4.78, 5) is 12.4. The smallest absolute Gasteiger partial charge is 0.305 e. The molecule has 0 radical (unpaired) electrons. The Morgan fingerprint density at radius 2 is 1.81 bits per heavy atom. The van der Waals surface area contributed by atoms with Gasteiger partial charge in [-0.05, 0) is 61.0 Å². The lowest BCUT2D eigenvalue weighted by atomic mass is 10.0. The number of aryl methyl sites for hydroxylation is 1. The Bertz CT molecular complexity index is 996. The van der Waals surface area contributed by atoms with Crippen molar-refractivity contribution in [2.45, 2.75) is 26.7 Å². The summed E-state index contributed by atoms with van der Waals surface area (Å²) in [6.45, 7) is 6.08. The van der Waals surface area contributed by atoms with E-state index < -0.39 is 5.91 Å². The van der Waals surface area contributed by atoms with Gasteiger partial charge in [-0.3, -0.25) is 15.6 Å². The molecule has 0 aliphatic rings. The highest BCUT2D eigenvalue weighted by molar-refractivity contribution is 7.80. The molecule has 7 heteroatoms. The molecular weight excluding hydrogens is 382 g/mol. The summed E-state index contributed by atoms with van der Waals surface area (Å²) in [5, 5.41) is 4.69. The molecule has 1 amide bonds. The van der Waals surface area contributed by atoms with Gasteiger partial charge in [-0.2, -0.15) is 0 Å². The van der Waals surface area contributed by atoms with Crippen LogP contribution in [-0.2, 0) is 0 Å². The number of amides is 1. The van der Waals surface area contributed by atoms with Crippen LogP contribution in [-0.4, -0.2) is 11.0 Å². The Balaban J connectivity index is 1.62. The predicted octanol–water partition coefficient (Wildman–Crippen LogP) is 5.15. The number of carbonyl (C=O) groups excluding carboxylic acids is 1. The SMILES string of the molecule is Cc1c(C(=O)NNC(=S)Nc2ccc(C(C)C)cc2)oc2ccc(Cl)cc12. The van der Waals surface area contributed by atoms with Crippen molar-refractivity contribution in [1.29, 1.82) is 0 Å². The lowest BCUT2D eigenvalue weighted by Gasteiger charge is -2.12. The highest BCUT2D eigenvalue weighted by atomic mass is 35.5. The van der Waals surface area contributed by atoms with Crippen LogP contribution in [0, 0.1) is 6.92 Å². The number of hydrogen-bond donors (Lipinski definition) is 3. The van der Waals surface area contributed by atoms with E-state index in [-0.39, 0.29) is 10.9 Å². The number of nitrogens with one attached hydrogen (secondary N) is 3. The average Bonchev–Trinajstić information content (AvgIpc) is 2.96. The summed E-state index contributed by atoms with van der Waals surface area (Å²) in [5.74, 6) is 0.258. The maximum Gasteiger partial charge on any atom is 0.305 e. The first-order valence-corrected chi connectivity index (χ1v) is 9.29. The summed E-state index contributed by atoms with van der Waals surface area (Å²) >= 11 is 11.2. The molecule has 0 spiro atoms. The van der Waals surface area contributed by atoms with E-state index in [1.165, 1.54) is 5.56 Å². The molecule has 140 valence electrons. The van der Waals surface area contributed by atoms with Crippen LogP contribution in [0.1, 0.15) is 41.4 Å². The van der Waals surface area contributed by atoms with Crippen molar-refractivity contribution < 1.29 is 9.21 Å². The van der Waals surface area contributed by atoms with Crippen LogP contribution in [0.25, 0.3) is 11.0 Å². The van der Waals surface area contributed by atoms with Gasteiger partial charge in [-0.15, -0.1) is 0 Å². The third-order valence-corrected chi connectivity index (χ3v) is 4.67. The van der Waals surface area contributed by atoms with Gasteiger partial charge in [-0.25, -0.2) is 0 Å². The molecule has 2 aromatic carbocycles. The fourth-order valence-electron chi connectivity index (χ4n) is 2.69. The molecule has 0 unspecified atom stereocenters. The van der Waals surface area contributed by atoms with Crippen LogP contribution in [0.5, 0.6) is 0 Å². The lowest BCUT2D eigenvalue weighted by Crippen LogP contribution is -2.43. The zero-order valence-electron chi connectivity index (χ0n) is 15.2. The third-order valence-electron chi connectivity index (χ3n) is 4.23. The minimum Gasteiger partial charge on any atom is -0.451 e. The van der Waals surface area contributed by atoms with Crippen LogP contribution in [0.3, 0.4) is 0 Å². The maximum absolute atomic E-state index is 12.4. The van der Waals surface area contributed by atoms with E-state index in [1.807, 2.05) is 31.2 Å². The Morgan fingerprint density at radius 1 is 1.11 bits per heavy atom. The van der Waals surface area contributed by atoms with Gasteiger partial charge in [-0.1, -0.05) is 37.6 Å². The van der Waals surface area contributed by atoms with Crippen LogP contribution in [0.15, 0.2) is 46.9 Å². The topological polar surface area (TPSA) is 66.3 Å². The normalized spacial score (nSPS) is 10.9. The molecule has 0 aliphatic heterocycles. The van der Waals surface area contributed by atoms with Crippen LogP contribution < -0.4 is 16.2 Å². The van der Waals surface area contributed by atoms with Crippen molar-refractivity contribution in [3.63, 3.8) is 0 Å². The number of hydrogen-bond acceptors (Lipinski definition) is 3. The van der Waals surface area contributed by atoms with E-state index in [1.54, 1.807) is 18.2 Å². The molecule has 27 heavy (non-hydrogen) atoms. The summed E-state index contributed by atoms with van der Waals surface area (Å²) in [5.41, 5.74) is 8.63. The zero-order chi connectivity index (χ0) is 19.6. The highest BCUT2D eigenvalue weighted by Crippen LogP contribution is 2.27. The van der Waals surface area contributed by atoms with Crippen molar-refractivity contribution in [2.75, 3.05) is 5.32 Å². The zero-order valence-corrected chi connectivity index (χ0v) is 16.8. The summed E-state index contributed by atoms with van der Waals surface area (Å²) in [6.07, 6.45) is 0. The first-order chi connectivity index (χ1) is 12.8. The minimum absolute atomic E-state index is 0.212. The van der Waals surface area contributed by atoms with Gasteiger partial charge >= 0.3 is 5.91 Å². The van der Waals surface area contributed by atoms with E-state index in [2.05, 4.69) is 30.0 Å². The van der Waals surface area contributed by atoms with Crippen molar-refractivity contribution >= 4 is 51.5 Å². The first-order valence-electron chi connectivity index (χ1n) is 8.51. The number of anilines is 1.